The molecule has 0 aliphatic carbocycles. The van der Waals surface area contributed by atoms with E-state index in [9.17, 15) is 14.9 Å². The summed E-state index contributed by atoms with van der Waals surface area (Å²) in [6, 6.07) is 17.7. The highest BCUT2D eigenvalue weighted by Gasteiger charge is 2.15. The number of carbonyl (C=O) groups is 2. The smallest absolute Gasteiger partial charge is 0.335 e. The van der Waals surface area contributed by atoms with Crippen LogP contribution in [0.15, 0.2) is 66.2 Å². The summed E-state index contributed by atoms with van der Waals surface area (Å²) in [5.74, 6) is -1.03. The molecule has 0 aromatic heterocycles. The number of carboxylic acid groups (broad SMARTS) is 1. The van der Waals surface area contributed by atoms with Gasteiger partial charge in [0.05, 0.1) is 17.7 Å². The number of hydrogen-bond donors (Lipinski definition) is 2. The van der Waals surface area contributed by atoms with Crippen molar-refractivity contribution in [2.24, 2.45) is 0 Å². The Hall–Kier alpha value is -3.99. The van der Waals surface area contributed by atoms with E-state index in [-0.39, 0.29) is 28.5 Å². The molecule has 0 atom stereocenters. The highest BCUT2D eigenvalue weighted by atomic mass is 35.5. The second-order valence-corrected chi connectivity index (χ2v) is 7.80. The standard InChI is InChI=1S/C25H18Cl2N2O5/c1-33-22-12-16(10-18(13-28)24(30)29-20-8-6-19(26)7-9-20)11-21(27)23(22)34-14-15-2-4-17(5-3-15)25(31)32/h2-12H,14H2,1H3,(H,29,30)(H,31,32)/b18-10+. The van der Waals surface area contributed by atoms with Crippen LogP contribution in [-0.2, 0) is 11.4 Å². The maximum Gasteiger partial charge on any atom is 0.335 e. The van der Waals surface area contributed by atoms with Crippen LogP contribution in [0.5, 0.6) is 11.5 Å². The van der Waals surface area contributed by atoms with Crippen LogP contribution in [0, 0.1) is 11.3 Å². The molecule has 3 rings (SSSR count). The summed E-state index contributed by atoms with van der Waals surface area (Å²) in [7, 11) is 1.44. The summed E-state index contributed by atoms with van der Waals surface area (Å²) in [4.78, 5) is 23.5. The van der Waals surface area contributed by atoms with Crippen LogP contribution in [0.1, 0.15) is 21.5 Å². The van der Waals surface area contributed by atoms with E-state index in [4.69, 9.17) is 37.8 Å². The van der Waals surface area contributed by atoms with Crippen molar-refractivity contribution in [3.8, 4) is 17.6 Å². The number of ether oxygens (including phenoxy) is 2. The Morgan fingerprint density at radius 3 is 2.35 bits per heavy atom. The quantitative estimate of drug-likeness (QED) is 0.300. The molecule has 0 saturated carbocycles. The normalized spacial score (nSPS) is 10.8. The fourth-order valence-corrected chi connectivity index (χ4v) is 3.31. The minimum absolute atomic E-state index is 0.123. The first-order valence-corrected chi connectivity index (χ1v) is 10.6. The Kier molecular flexibility index (Phi) is 8.14. The van der Waals surface area contributed by atoms with E-state index in [1.54, 1.807) is 48.5 Å². The summed E-state index contributed by atoms with van der Waals surface area (Å²) < 4.78 is 11.2. The molecule has 0 bridgehead atoms. The zero-order valence-electron chi connectivity index (χ0n) is 17.8. The number of hydrogen-bond acceptors (Lipinski definition) is 5. The van der Waals surface area contributed by atoms with Crippen molar-refractivity contribution in [1.29, 1.82) is 5.26 Å². The van der Waals surface area contributed by atoms with E-state index >= 15 is 0 Å². The molecule has 172 valence electrons. The second-order valence-electron chi connectivity index (χ2n) is 6.96. The highest BCUT2D eigenvalue weighted by Crippen LogP contribution is 2.37. The Labute approximate surface area is 205 Å². The molecule has 2 N–H and O–H groups in total. The SMILES string of the molecule is COc1cc(/C=C(\C#N)C(=O)Nc2ccc(Cl)cc2)cc(Cl)c1OCc1ccc(C(=O)O)cc1. The van der Waals surface area contributed by atoms with Crippen molar-refractivity contribution >= 4 is 46.8 Å². The zero-order valence-corrected chi connectivity index (χ0v) is 19.4. The van der Waals surface area contributed by atoms with Crippen LogP contribution in [-0.4, -0.2) is 24.1 Å². The van der Waals surface area contributed by atoms with E-state index < -0.39 is 11.9 Å². The monoisotopic (exact) mass is 496 g/mol. The summed E-state index contributed by atoms with van der Waals surface area (Å²) in [5.41, 5.74) is 1.72. The van der Waals surface area contributed by atoms with Gasteiger partial charge in [0.15, 0.2) is 11.5 Å². The number of nitrogens with one attached hydrogen (secondary N) is 1. The van der Waals surface area contributed by atoms with Gasteiger partial charge in [0, 0.05) is 10.7 Å². The van der Waals surface area contributed by atoms with E-state index in [0.29, 0.717) is 22.0 Å². The number of benzene rings is 3. The van der Waals surface area contributed by atoms with Gasteiger partial charge in [-0.25, -0.2) is 4.79 Å². The molecule has 3 aromatic carbocycles. The molecule has 0 heterocycles. The molecule has 0 saturated heterocycles. The number of aromatic carboxylic acids is 1. The van der Waals surface area contributed by atoms with Crippen molar-refractivity contribution in [3.05, 3.63) is 93.0 Å². The lowest BCUT2D eigenvalue weighted by Gasteiger charge is -2.14. The molecular weight excluding hydrogens is 479 g/mol. The van der Waals surface area contributed by atoms with Gasteiger partial charge in [0.1, 0.15) is 18.2 Å². The van der Waals surface area contributed by atoms with Crippen LogP contribution in [0.3, 0.4) is 0 Å². The molecule has 3 aromatic rings. The Morgan fingerprint density at radius 2 is 1.76 bits per heavy atom. The molecular formula is C25H18Cl2N2O5. The average Bonchev–Trinajstić information content (AvgIpc) is 2.83. The lowest BCUT2D eigenvalue weighted by molar-refractivity contribution is -0.112. The van der Waals surface area contributed by atoms with Crippen molar-refractivity contribution in [1.82, 2.24) is 0 Å². The van der Waals surface area contributed by atoms with E-state index in [2.05, 4.69) is 5.32 Å². The number of methoxy groups -OCH3 is 1. The maximum atomic E-state index is 12.5. The predicted octanol–water partition coefficient (Wildman–Crippen LogP) is 5.82. The molecule has 9 heteroatoms. The second kappa shape index (κ2) is 11.2. The molecule has 7 nitrogen and oxygen atoms in total. The van der Waals surface area contributed by atoms with E-state index in [1.165, 1.54) is 25.3 Å². The molecule has 0 spiro atoms. The zero-order chi connectivity index (χ0) is 24.7. The summed E-state index contributed by atoms with van der Waals surface area (Å²) in [6.45, 7) is 0.123. The Morgan fingerprint density at radius 1 is 1.09 bits per heavy atom. The summed E-state index contributed by atoms with van der Waals surface area (Å²) in [5, 5.41) is 21.8. The van der Waals surface area contributed by atoms with Gasteiger partial charge in [-0.3, -0.25) is 4.79 Å². The lowest BCUT2D eigenvalue weighted by atomic mass is 10.1. The molecule has 0 unspecified atom stereocenters. The molecule has 0 aliphatic heterocycles. The van der Waals surface area contributed by atoms with Crippen LogP contribution < -0.4 is 14.8 Å². The number of rotatable bonds is 8. The van der Waals surface area contributed by atoms with Gasteiger partial charge in [0.25, 0.3) is 5.91 Å². The third kappa shape index (κ3) is 6.29. The Balaban J connectivity index is 1.78. The van der Waals surface area contributed by atoms with Gasteiger partial charge in [-0.1, -0.05) is 35.3 Å². The molecule has 34 heavy (non-hydrogen) atoms. The minimum Gasteiger partial charge on any atom is -0.493 e. The number of carboxylic acids is 1. The largest absolute Gasteiger partial charge is 0.493 e. The predicted molar refractivity (Wildman–Crippen MR) is 129 cm³/mol. The fraction of sp³-hybridized carbons (Fsp3) is 0.0800. The van der Waals surface area contributed by atoms with Crippen LogP contribution >= 0.6 is 23.2 Å². The number of nitrogens with zero attached hydrogens (tertiary/aromatic N) is 1. The lowest BCUT2D eigenvalue weighted by Crippen LogP contribution is -2.13. The summed E-state index contributed by atoms with van der Waals surface area (Å²) >= 11 is 12.2. The summed E-state index contributed by atoms with van der Waals surface area (Å²) in [6.07, 6.45) is 1.38. The number of nitriles is 1. The van der Waals surface area contributed by atoms with Gasteiger partial charge >= 0.3 is 5.97 Å². The van der Waals surface area contributed by atoms with Crippen molar-refractivity contribution in [2.75, 3.05) is 12.4 Å². The molecule has 0 fully saturated rings. The van der Waals surface area contributed by atoms with Crippen LogP contribution in [0.25, 0.3) is 6.08 Å². The first-order valence-electron chi connectivity index (χ1n) is 9.82. The number of carbonyl (C=O) groups excluding carboxylic acids is 1. The van der Waals surface area contributed by atoms with Gasteiger partial charge in [0.2, 0.25) is 0 Å². The number of halogens is 2. The van der Waals surface area contributed by atoms with Crippen molar-refractivity contribution < 1.29 is 24.2 Å². The molecule has 0 radical (unpaired) electrons. The van der Waals surface area contributed by atoms with E-state index in [1.807, 2.05) is 6.07 Å². The highest BCUT2D eigenvalue weighted by molar-refractivity contribution is 6.32. The Bertz CT molecular complexity index is 1280. The third-order valence-corrected chi connectivity index (χ3v) is 5.15. The first-order chi connectivity index (χ1) is 16.3. The maximum absolute atomic E-state index is 12.5. The first kappa shape index (κ1) is 24.6. The third-order valence-electron chi connectivity index (χ3n) is 4.61. The molecule has 0 aliphatic rings. The van der Waals surface area contributed by atoms with Crippen LogP contribution in [0.2, 0.25) is 10.0 Å². The minimum atomic E-state index is -1.01. The average molecular weight is 497 g/mol. The number of anilines is 1. The fourth-order valence-electron chi connectivity index (χ4n) is 2.91. The van der Waals surface area contributed by atoms with Gasteiger partial charge in [-0.2, -0.15) is 5.26 Å². The van der Waals surface area contributed by atoms with Crippen molar-refractivity contribution in [2.45, 2.75) is 6.61 Å². The van der Waals surface area contributed by atoms with Crippen molar-refractivity contribution in [3.63, 3.8) is 0 Å². The topological polar surface area (TPSA) is 109 Å². The number of amides is 1. The van der Waals surface area contributed by atoms with Gasteiger partial charge in [-0.05, 0) is 65.7 Å². The van der Waals surface area contributed by atoms with E-state index in [0.717, 1.165) is 5.56 Å². The van der Waals surface area contributed by atoms with Gasteiger partial charge < -0.3 is 19.9 Å². The van der Waals surface area contributed by atoms with Crippen LogP contribution in [0.4, 0.5) is 5.69 Å². The van der Waals surface area contributed by atoms with Gasteiger partial charge in [-0.15, -0.1) is 0 Å². The molecule has 1 amide bonds.